The van der Waals surface area contributed by atoms with Crippen LogP contribution in [0.4, 0.5) is 0 Å². The zero-order valence-corrected chi connectivity index (χ0v) is 11.7. The summed E-state index contributed by atoms with van der Waals surface area (Å²) in [4.78, 5) is 0. The average molecular weight is 245 g/mol. The first-order valence-electron chi connectivity index (χ1n) is 3.64. The summed E-state index contributed by atoms with van der Waals surface area (Å²) in [5, 5.41) is 0. The third-order valence-corrected chi connectivity index (χ3v) is 9.66. The van der Waals surface area contributed by atoms with Gasteiger partial charge in [-0.3, -0.25) is 0 Å². The Morgan fingerprint density at radius 2 is 1.75 bits per heavy atom. The Morgan fingerprint density at radius 1 is 1.17 bits per heavy atom. The van der Waals surface area contributed by atoms with Crippen LogP contribution in [0, 0.1) is 0 Å². The summed E-state index contributed by atoms with van der Waals surface area (Å²) in [6.07, 6.45) is 0. The summed E-state index contributed by atoms with van der Waals surface area (Å²) >= 11 is 0. The van der Waals surface area contributed by atoms with Crippen LogP contribution in [0.1, 0.15) is 22.3 Å². The Bertz CT molecular complexity index is 51.9. The zero-order chi connectivity index (χ0) is 6.95. The van der Waals surface area contributed by atoms with Gasteiger partial charge in [-0.25, -0.2) is 0 Å². The lowest BCUT2D eigenvalue weighted by Crippen LogP contribution is -1.99. The lowest BCUT2D eigenvalue weighted by Gasteiger charge is -1.97. The second-order valence-electron chi connectivity index (χ2n) is 2.01. The first-order chi connectivity index (χ1) is 4.41. The van der Waals surface area contributed by atoms with Gasteiger partial charge in [0, 0.05) is 9.19 Å². The Kier molecular flexibility index (Phi) is 43.8. The molecule has 0 rings (SSSR count). The van der Waals surface area contributed by atoms with Gasteiger partial charge in [-0.15, -0.1) is 8.13 Å². The standard InChI is InChI=1S/C4H17OPSi3.3CH4/c1-6-9-4-3-8-5-7-2;;;/h6H,3-4,7-9H2,1-2H3;3*1H4. The van der Waals surface area contributed by atoms with E-state index >= 15 is 0 Å². The van der Waals surface area contributed by atoms with Crippen LogP contribution >= 0.6 is 8.13 Å². The van der Waals surface area contributed by atoms with Gasteiger partial charge in [-0.2, -0.15) is 0 Å². The minimum atomic E-state index is -0.0408. The summed E-state index contributed by atoms with van der Waals surface area (Å²) in [6, 6.07) is 3.05. The summed E-state index contributed by atoms with van der Waals surface area (Å²) in [5.74, 6) is 0. The van der Waals surface area contributed by atoms with Crippen LogP contribution in [0.3, 0.4) is 0 Å². The highest BCUT2D eigenvalue weighted by atomic mass is 31.3. The predicted octanol–water partition coefficient (Wildman–Crippen LogP) is 1.36. The molecule has 1 atom stereocenters. The van der Waals surface area contributed by atoms with E-state index < -0.39 is 0 Å². The fourth-order valence-electron chi connectivity index (χ4n) is 0.650. The molecule has 0 saturated carbocycles. The molecule has 0 heterocycles. The Balaban J connectivity index is -0.000000107. The van der Waals surface area contributed by atoms with E-state index in [0.29, 0.717) is 9.19 Å². The molecule has 0 aliphatic rings. The van der Waals surface area contributed by atoms with Gasteiger partial charge < -0.3 is 4.12 Å². The van der Waals surface area contributed by atoms with Gasteiger partial charge in [0.05, 0.1) is 0 Å². The summed E-state index contributed by atoms with van der Waals surface area (Å²) < 4.78 is 5.48. The van der Waals surface area contributed by atoms with Crippen molar-refractivity contribution in [1.82, 2.24) is 0 Å². The van der Waals surface area contributed by atoms with E-state index in [9.17, 15) is 0 Å². The molecule has 5 heteroatoms. The molecule has 0 aromatic carbocycles. The Morgan fingerprint density at radius 3 is 2.17 bits per heavy atom. The SMILES string of the molecule is C.C.C.C[SiH2]O[SiH2]CC[SiH2]PC. The van der Waals surface area contributed by atoms with Crippen molar-refractivity contribution >= 4 is 36.8 Å². The molecule has 0 radical (unpaired) electrons. The third kappa shape index (κ3) is 22.5. The minimum Gasteiger partial charge on any atom is -0.465 e. The summed E-state index contributed by atoms with van der Waals surface area (Å²) in [7, 11) is 1.63. The zero-order valence-electron chi connectivity index (χ0n) is 6.44. The van der Waals surface area contributed by atoms with Gasteiger partial charge in [0.25, 0.3) is 0 Å². The molecule has 0 aliphatic heterocycles. The summed E-state index contributed by atoms with van der Waals surface area (Å²) in [5.41, 5.74) is 0. The van der Waals surface area contributed by atoms with Gasteiger partial charge in [-0.1, -0.05) is 41.5 Å². The molecule has 0 saturated heterocycles. The van der Waals surface area contributed by atoms with E-state index in [1.165, 1.54) is 14.2 Å². The predicted molar refractivity (Wildman–Crippen MR) is 76.6 cm³/mol. The number of rotatable bonds is 6. The van der Waals surface area contributed by atoms with Crippen LogP contribution in [0.15, 0.2) is 0 Å². The molecule has 0 aromatic heterocycles. The molecule has 1 nitrogen and oxygen atoms in total. The molecule has 12 heavy (non-hydrogen) atoms. The van der Waals surface area contributed by atoms with E-state index in [1.54, 1.807) is 6.04 Å². The number of hydrogen-bond acceptors (Lipinski definition) is 1. The fraction of sp³-hybridized carbons (Fsp3) is 1.00. The molecular formula is C7H29OPSi3. The smallest absolute Gasteiger partial charge is 0.145 e. The highest BCUT2D eigenvalue weighted by Gasteiger charge is 1.87. The molecule has 0 aliphatic carbocycles. The van der Waals surface area contributed by atoms with E-state index in [0.717, 1.165) is 0 Å². The molecular weight excluding hydrogens is 215 g/mol. The van der Waals surface area contributed by atoms with Crippen molar-refractivity contribution in [3.63, 3.8) is 0 Å². The van der Waals surface area contributed by atoms with Crippen LogP contribution in [0.25, 0.3) is 0 Å². The van der Waals surface area contributed by atoms with Crippen molar-refractivity contribution in [3.8, 4) is 0 Å². The van der Waals surface area contributed by atoms with Crippen LogP contribution in [0.5, 0.6) is 0 Å². The largest absolute Gasteiger partial charge is 0.465 e. The van der Waals surface area contributed by atoms with E-state index in [1.807, 2.05) is 0 Å². The van der Waals surface area contributed by atoms with Gasteiger partial charge in [0.2, 0.25) is 0 Å². The maximum atomic E-state index is 5.48. The van der Waals surface area contributed by atoms with Crippen LogP contribution in [-0.2, 0) is 4.12 Å². The first-order valence-corrected chi connectivity index (χ1v) is 12.0. The van der Waals surface area contributed by atoms with E-state index in [-0.39, 0.29) is 41.8 Å². The van der Waals surface area contributed by atoms with Crippen LogP contribution < -0.4 is 0 Å². The molecule has 1 unspecified atom stereocenters. The fourth-order valence-corrected chi connectivity index (χ4v) is 8.10. The van der Waals surface area contributed by atoms with Gasteiger partial charge in [0.1, 0.15) is 19.5 Å². The van der Waals surface area contributed by atoms with Gasteiger partial charge >= 0.3 is 0 Å². The second-order valence-corrected chi connectivity index (χ2v) is 10.9. The first kappa shape index (κ1) is 23.1. The van der Waals surface area contributed by atoms with Crippen molar-refractivity contribution < 1.29 is 4.12 Å². The van der Waals surface area contributed by atoms with Crippen molar-refractivity contribution in [3.05, 3.63) is 0 Å². The monoisotopic (exact) mass is 244 g/mol. The molecule has 0 N–H and O–H groups in total. The third-order valence-electron chi connectivity index (χ3n) is 1.17. The maximum absolute atomic E-state index is 5.48. The highest BCUT2D eigenvalue weighted by Crippen LogP contribution is 2.03. The van der Waals surface area contributed by atoms with Crippen LogP contribution in [0.2, 0.25) is 18.6 Å². The molecule has 0 bridgehead atoms. The van der Waals surface area contributed by atoms with Crippen molar-refractivity contribution in [2.45, 2.75) is 40.9 Å². The van der Waals surface area contributed by atoms with Gasteiger partial charge in [-0.05, 0) is 6.04 Å². The number of hydrogen-bond donors (Lipinski definition) is 0. The quantitative estimate of drug-likeness (QED) is 0.389. The lowest BCUT2D eigenvalue weighted by atomic mass is 11.0. The van der Waals surface area contributed by atoms with Crippen LogP contribution in [-0.4, -0.2) is 35.4 Å². The van der Waals surface area contributed by atoms with E-state index in [2.05, 4.69) is 13.2 Å². The molecule has 0 fully saturated rings. The Hall–Kier alpha value is 1.04. The average Bonchev–Trinajstić information content (AvgIpc) is 1.89. The van der Waals surface area contributed by atoms with Crippen molar-refractivity contribution in [2.24, 2.45) is 0 Å². The molecule has 0 amide bonds. The second kappa shape index (κ2) is 22.7. The lowest BCUT2D eigenvalue weighted by molar-refractivity contribution is 0.644. The maximum Gasteiger partial charge on any atom is 0.145 e. The topological polar surface area (TPSA) is 9.23 Å². The van der Waals surface area contributed by atoms with E-state index in [4.69, 9.17) is 4.12 Å². The van der Waals surface area contributed by atoms with Gasteiger partial charge in [0.15, 0.2) is 0 Å². The van der Waals surface area contributed by atoms with Crippen molar-refractivity contribution in [2.75, 3.05) is 6.66 Å². The minimum absolute atomic E-state index is 0. The Labute approximate surface area is 88.8 Å². The molecule has 0 spiro atoms. The molecule has 0 aromatic rings. The summed E-state index contributed by atoms with van der Waals surface area (Å²) in [6.45, 7) is 4.56. The molecule has 80 valence electrons. The van der Waals surface area contributed by atoms with Crippen molar-refractivity contribution in [1.29, 1.82) is 0 Å². The highest BCUT2D eigenvalue weighted by molar-refractivity contribution is 7.70. The normalized spacial score (nSPS) is 11.5.